The van der Waals surface area contributed by atoms with Gasteiger partial charge in [-0.25, -0.2) is 9.97 Å². The normalized spacial score (nSPS) is 16.7. The number of rotatable bonds is 3. The Morgan fingerprint density at radius 1 is 1.13 bits per heavy atom. The lowest BCUT2D eigenvalue weighted by Crippen LogP contribution is -2.38. The van der Waals surface area contributed by atoms with Crippen molar-refractivity contribution in [2.75, 3.05) is 36.5 Å². The third kappa shape index (κ3) is 3.45. The summed E-state index contributed by atoms with van der Waals surface area (Å²) in [5.74, 6) is 2.44. The van der Waals surface area contributed by atoms with Crippen molar-refractivity contribution in [3.05, 3.63) is 35.0 Å². The van der Waals surface area contributed by atoms with Crippen LogP contribution in [-0.2, 0) is 4.79 Å². The van der Waals surface area contributed by atoms with E-state index in [1.807, 2.05) is 18.2 Å². The predicted octanol–water partition coefficient (Wildman–Crippen LogP) is 3.93. The second-order valence-electron chi connectivity index (χ2n) is 7.77. The van der Waals surface area contributed by atoms with Crippen LogP contribution in [0.25, 0.3) is 10.2 Å². The number of nitrogens with one attached hydrogen (secondary N) is 1. The summed E-state index contributed by atoms with van der Waals surface area (Å²) in [6.07, 6.45) is 3.24. The van der Waals surface area contributed by atoms with Crippen LogP contribution >= 0.6 is 11.3 Å². The van der Waals surface area contributed by atoms with E-state index in [0.717, 1.165) is 53.4 Å². The average molecular weight is 425 g/mol. The summed E-state index contributed by atoms with van der Waals surface area (Å²) >= 11 is 1.71. The first-order valence-electron chi connectivity index (χ1n) is 10.3. The number of aromatic nitrogens is 2. The van der Waals surface area contributed by atoms with Crippen molar-refractivity contribution in [1.82, 2.24) is 9.97 Å². The molecule has 0 unspecified atom stereocenters. The Bertz CT molecular complexity index is 1110. The van der Waals surface area contributed by atoms with Gasteiger partial charge in [0, 0.05) is 35.6 Å². The van der Waals surface area contributed by atoms with Crippen LogP contribution in [0.4, 0.5) is 11.5 Å². The van der Waals surface area contributed by atoms with Gasteiger partial charge in [-0.3, -0.25) is 4.79 Å². The quantitative estimate of drug-likeness (QED) is 0.686. The molecule has 2 aliphatic heterocycles. The van der Waals surface area contributed by atoms with Crippen LogP contribution in [0.5, 0.6) is 11.5 Å². The molecule has 4 heterocycles. The molecule has 0 bridgehead atoms. The number of hydrogen-bond donors (Lipinski definition) is 1. The first-order chi connectivity index (χ1) is 14.6. The van der Waals surface area contributed by atoms with Crippen LogP contribution in [-0.4, -0.2) is 42.2 Å². The van der Waals surface area contributed by atoms with Crippen LogP contribution < -0.4 is 19.7 Å². The van der Waals surface area contributed by atoms with Crippen molar-refractivity contribution in [2.45, 2.75) is 26.7 Å². The van der Waals surface area contributed by atoms with Gasteiger partial charge in [0.2, 0.25) is 5.91 Å². The van der Waals surface area contributed by atoms with Crippen molar-refractivity contribution in [3.8, 4) is 11.5 Å². The van der Waals surface area contributed by atoms with Gasteiger partial charge < -0.3 is 19.7 Å². The first kappa shape index (κ1) is 19.1. The molecule has 1 saturated heterocycles. The third-order valence-corrected chi connectivity index (χ3v) is 7.04. The van der Waals surface area contributed by atoms with E-state index in [4.69, 9.17) is 9.47 Å². The molecule has 5 rings (SSSR count). The summed E-state index contributed by atoms with van der Waals surface area (Å²) in [7, 11) is 0. The van der Waals surface area contributed by atoms with Gasteiger partial charge in [-0.05, 0) is 44.4 Å². The van der Waals surface area contributed by atoms with E-state index in [1.165, 1.54) is 10.4 Å². The number of carbonyl (C=O) groups excluding carboxylic acids is 1. The van der Waals surface area contributed by atoms with Gasteiger partial charge in [-0.1, -0.05) is 0 Å². The largest absolute Gasteiger partial charge is 0.486 e. The number of aryl methyl sites for hydroxylation is 2. The zero-order valence-electron chi connectivity index (χ0n) is 17.1. The highest BCUT2D eigenvalue weighted by atomic mass is 32.1. The minimum absolute atomic E-state index is 0.0166. The van der Waals surface area contributed by atoms with Crippen LogP contribution in [0.15, 0.2) is 24.5 Å². The molecular weight excluding hydrogens is 400 g/mol. The summed E-state index contributed by atoms with van der Waals surface area (Å²) in [5, 5.41) is 4.19. The monoisotopic (exact) mass is 424 g/mol. The second kappa shape index (κ2) is 7.75. The molecule has 0 spiro atoms. The van der Waals surface area contributed by atoms with Crippen molar-refractivity contribution in [1.29, 1.82) is 0 Å². The number of thiophene rings is 1. The standard InChI is InChI=1S/C22H24N4O3S/c1-13-14(2)30-22-19(13)20(23-12-24-22)26-7-5-15(6-8-26)21(27)25-16-3-4-17-18(11-16)29-10-9-28-17/h3-4,11-12,15H,5-10H2,1-2H3,(H,25,27). The molecule has 156 valence electrons. The smallest absolute Gasteiger partial charge is 0.227 e. The summed E-state index contributed by atoms with van der Waals surface area (Å²) in [6, 6.07) is 5.54. The van der Waals surface area contributed by atoms with E-state index in [9.17, 15) is 4.79 Å². The van der Waals surface area contributed by atoms with Crippen molar-refractivity contribution < 1.29 is 14.3 Å². The number of fused-ring (bicyclic) bond motifs is 2. The number of benzene rings is 1. The molecule has 8 heteroatoms. The Morgan fingerprint density at radius 3 is 2.70 bits per heavy atom. The van der Waals surface area contributed by atoms with Gasteiger partial charge >= 0.3 is 0 Å². The Morgan fingerprint density at radius 2 is 1.90 bits per heavy atom. The van der Waals surface area contributed by atoms with Crippen LogP contribution in [0.1, 0.15) is 23.3 Å². The molecule has 7 nitrogen and oxygen atoms in total. The number of piperidine rings is 1. The van der Waals surface area contributed by atoms with E-state index in [-0.39, 0.29) is 11.8 Å². The van der Waals surface area contributed by atoms with Gasteiger partial charge in [0.15, 0.2) is 11.5 Å². The topological polar surface area (TPSA) is 76.6 Å². The predicted molar refractivity (Wildman–Crippen MR) is 118 cm³/mol. The molecule has 0 saturated carbocycles. The van der Waals surface area contributed by atoms with Gasteiger partial charge in [-0.2, -0.15) is 0 Å². The Labute approximate surface area is 179 Å². The van der Waals surface area contributed by atoms with E-state index in [1.54, 1.807) is 17.7 Å². The number of amides is 1. The SMILES string of the molecule is Cc1sc2ncnc(N3CCC(C(=O)Nc4ccc5c(c4)OCCO5)CC3)c2c1C. The van der Waals surface area contributed by atoms with E-state index in [2.05, 4.69) is 34.0 Å². The zero-order chi connectivity index (χ0) is 20.7. The summed E-state index contributed by atoms with van der Waals surface area (Å²) in [5.41, 5.74) is 2.00. The number of nitrogens with zero attached hydrogens (tertiary/aromatic N) is 3. The maximum atomic E-state index is 12.8. The maximum Gasteiger partial charge on any atom is 0.227 e. The van der Waals surface area contributed by atoms with Crippen molar-refractivity contribution in [3.63, 3.8) is 0 Å². The Kier molecular flexibility index (Phi) is 4.94. The van der Waals surface area contributed by atoms with Crippen LogP contribution in [0, 0.1) is 19.8 Å². The number of hydrogen-bond acceptors (Lipinski definition) is 7. The molecule has 1 fully saturated rings. The minimum atomic E-state index is -0.0166. The molecule has 2 aromatic heterocycles. The fraction of sp³-hybridized carbons (Fsp3) is 0.409. The molecule has 1 aromatic carbocycles. The zero-order valence-corrected chi connectivity index (χ0v) is 17.9. The Balaban J connectivity index is 1.26. The van der Waals surface area contributed by atoms with Crippen molar-refractivity contribution >= 4 is 39.0 Å². The average Bonchev–Trinajstić information content (AvgIpc) is 3.07. The fourth-order valence-electron chi connectivity index (χ4n) is 4.12. The third-order valence-electron chi connectivity index (χ3n) is 5.92. The highest BCUT2D eigenvalue weighted by molar-refractivity contribution is 7.18. The van der Waals surface area contributed by atoms with Gasteiger partial charge in [0.25, 0.3) is 0 Å². The van der Waals surface area contributed by atoms with Gasteiger partial charge in [-0.15, -0.1) is 11.3 Å². The maximum absolute atomic E-state index is 12.8. The van der Waals surface area contributed by atoms with Crippen molar-refractivity contribution in [2.24, 2.45) is 5.92 Å². The molecule has 30 heavy (non-hydrogen) atoms. The molecule has 2 aliphatic rings. The van der Waals surface area contributed by atoms with Gasteiger partial charge in [0.05, 0.1) is 5.39 Å². The second-order valence-corrected chi connectivity index (χ2v) is 8.97. The lowest BCUT2D eigenvalue weighted by Gasteiger charge is -2.32. The molecule has 0 radical (unpaired) electrons. The van der Waals surface area contributed by atoms with Crippen LogP contribution in [0.2, 0.25) is 0 Å². The lowest BCUT2D eigenvalue weighted by molar-refractivity contribution is -0.120. The molecule has 0 aliphatic carbocycles. The molecule has 1 amide bonds. The van der Waals surface area contributed by atoms with E-state index in [0.29, 0.717) is 19.0 Å². The first-order valence-corrected chi connectivity index (χ1v) is 11.1. The number of carbonyl (C=O) groups is 1. The lowest BCUT2D eigenvalue weighted by atomic mass is 9.95. The minimum Gasteiger partial charge on any atom is -0.486 e. The summed E-state index contributed by atoms with van der Waals surface area (Å²) in [6.45, 7) is 6.95. The Hall–Kier alpha value is -2.87. The molecule has 0 atom stereocenters. The van der Waals surface area contributed by atoms with E-state index >= 15 is 0 Å². The number of ether oxygens (including phenoxy) is 2. The highest BCUT2D eigenvalue weighted by Crippen LogP contribution is 2.36. The molecular formula is C22H24N4O3S. The number of anilines is 2. The van der Waals surface area contributed by atoms with Crippen LogP contribution in [0.3, 0.4) is 0 Å². The van der Waals surface area contributed by atoms with E-state index < -0.39 is 0 Å². The summed E-state index contributed by atoms with van der Waals surface area (Å²) < 4.78 is 11.1. The fourth-order valence-corrected chi connectivity index (χ4v) is 5.11. The molecule has 1 N–H and O–H groups in total. The summed E-state index contributed by atoms with van der Waals surface area (Å²) in [4.78, 5) is 26.4. The molecule has 3 aromatic rings. The van der Waals surface area contributed by atoms with Gasteiger partial charge in [0.1, 0.15) is 30.2 Å². The highest BCUT2D eigenvalue weighted by Gasteiger charge is 2.27.